The van der Waals surface area contributed by atoms with Crippen molar-refractivity contribution < 1.29 is 13.9 Å². The number of benzene rings is 1. The lowest BCUT2D eigenvalue weighted by molar-refractivity contribution is 0.0638. The summed E-state index contributed by atoms with van der Waals surface area (Å²) in [4.78, 5) is 11.6. The van der Waals surface area contributed by atoms with E-state index >= 15 is 0 Å². The van der Waals surface area contributed by atoms with Crippen molar-refractivity contribution in [2.45, 2.75) is 0 Å². The first-order valence-electron chi connectivity index (χ1n) is 4.97. The number of nitrogens with zero attached hydrogens (tertiary/aromatic N) is 1. The van der Waals surface area contributed by atoms with Gasteiger partial charge in [-0.2, -0.15) is 5.26 Å². The first-order chi connectivity index (χ1) is 8.54. The summed E-state index contributed by atoms with van der Waals surface area (Å²) in [7, 11) is 0. The van der Waals surface area contributed by atoms with E-state index in [1.807, 2.05) is 0 Å². The number of hydrogen-bond donors (Lipinski definition) is 0. The van der Waals surface area contributed by atoms with Crippen molar-refractivity contribution in [1.29, 1.82) is 5.26 Å². The standard InChI is InChI=1S/C14H10FNO2/c1-10(9-16)13(15)8-11(2)18-14(17)12-6-4-3-5-7-12/h3-8H,1-2H2/b13-8+. The van der Waals surface area contributed by atoms with Gasteiger partial charge in [0.2, 0.25) is 0 Å². The number of rotatable bonds is 4. The molecule has 0 aliphatic heterocycles. The van der Waals surface area contributed by atoms with E-state index in [1.165, 1.54) is 6.07 Å². The molecule has 1 aromatic carbocycles. The molecule has 0 bridgehead atoms. The van der Waals surface area contributed by atoms with E-state index in [2.05, 4.69) is 13.2 Å². The minimum Gasteiger partial charge on any atom is -0.423 e. The highest BCUT2D eigenvalue weighted by Crippen LogP contribution is 2.13. The van der Waals surface area contributed by atoms with Crippen molar-refractivity contribution >= 4 is 5.97 Å². The fourth-order valence-corrected chi connectivity index (χ4v) is 1.06. The van der Waals surface area contributed by atoms with Gasteiger partial charge in [0.05, 0.1) is 11.1 Å². The van der Waals surface area contributed by atoms with Gasteiger partial charge in [0.1, 0.15) is 17.7 Å². The molecule has 0 saturated carbocycles. The zero-order valence-corrected chi connectivity index (χ0v) is 9.52. The van der Waals surface area contributed by atoms with Crippen molar-refractivity contribution in [3.05, 3.63) is 72.3 Å². The van der Waals surface area contributed by atoms with E-state index in [1.54, 1.807) is 30.3 Å². The van der Waals surface area contributed by atoms with Gasteiger partial charge in [0, 0.05) is 6.08 Å². The summed E-state index contributed by atoms with van der Waals surface area (Å²) in [6, 6.07) is 9.75. The summed E-state index contributed by atoms with van der Waals surface area (Å²) >= 11 is 0. The molecule has 0 unspecified atom stereocenters. The van der Waals surface area contributed by atoms with Gasteiger partial charge < -0.3 is 4.74 Å². The average molecular weight is 243 g/mol. The molecule has 0 N–H and O–H groups in total. The number of carbonyl (C=O) groups excluding carboxylic acids is 1. The number of ether oxygens (including phenoxy) is 1. The summed E-state index contributed by atoms with van der Waals surface area (Å²) in [5, 5.41) is 8.41. The quantitative estimate of drug-likeness (QED) is 0.353. The maximum Gasteiger partial charge on any atom is 0.343 e. The molecule has 0 radical (unpaired) electrons. The van der Waals surface area contributed by atoms with Crippen LogP contribution in [-0.2, 0) is 4.74 Å². The molecule has 0 saturated heterocycles. The van der Waals surface area contributed by atoms with E-state index in [-0.39, 0.29) is 11.3 Å². The summed E-state index contributed by atoms with van der Waals surface area (Å²) in [6.07, 6.45) is 0.840. The van der Waals surface area contributed by atoms with Gasteiger partial charge in [-0.3, -0.25) is 0 Å². The fraction of sp³-hybridized carbons (Fsp3) is 0. The highest BCUT2D eigenvalue weighted by atomic mass is 19.1. The van der Waals surface area contributed by atoms with Gasteiger partial charge in [-0.25, -0.2) is 9.18 Å². The maximum absolute atomic E-state index is 13.2. The lowest BCUT2D eigenvalue weighted by Gasteiger charge is -2.03. The molecule has 0 atom stereocenters. The van der Waals surface area contributed by atoms with Crippen LogP contribution in [-0.4, -0.2) is 5.97 Å². The van der Waals surface area contributed by atoms with Crippen LogP contribution in [0.15, 0.2) is 66.7 Å². The number of esters is 1. The Hall–Kier alpha value is -2.67. The molecule has 0 spiro atoms. The van der Waals surface area contributed by atoms with Crippen molar-refractivity contribution in [2.24, 2.45) is 0 Å². The van der Waals surface area contributed by atoms with Gasteiger partial charge in [-0.1, -0.05) is 31.4 Å². The average Bonchev–Trinajstić information content (AvgIpc) is 2.38. The Morgan fingerprint density at radius 3 is 2.50 bits per heavy atom. The molecule has 0 aliphatic carbocycles. The predicted octanol–water partition coefficient (Wildman–Crippen LogP) is 3.29. The van der Waals surface area contributed by atoms with Crippen molar-refractivity contribution in [3.8, 4) is 6.07 Å². The lowest BCUT2D eigenvalue weighted by atomic mass is 10.2. The normalized spacial score (nSPS) is 10.3. The minimum atomic E-state index is -0.886. The number of hydrogen-bond acceptors (Lipinski definition) is 3. The van der Waals surface area contributed by atoms with Crippen molar-refractivity contribution in [3.63, 3.8) is 0 Å². The predicted molar refractivity (Wildman–Crippen MR) is 64.9 cm³/mol. The van der Waals surface area contributed by atoms with E-state index in [0.29, 0.717) is 5.56 Å². The molecule has 3 nitrogen and oxygen atoms in total. The second-order valence-electron chi connectivity index (χ2n) is 3.30. The third kappa shape index (κ3) is 3.72. The SMILES string of the molecule is C=C(/C=C(/F)C(=C)C#N)OC(=O)c1ccccc1. The number of nitriles is 1. The molecule has 1 rings (SSSR count). The second-order valence-corrected chi connectivity index (χ2v) is 3.30. The molecule has 0 heterocycles. The van der Waals surface area contributed by atoms with Crippen LogP contribution in [0.2, 0.25) is 0 Å². The number of allylic oxidation sites excluding steroid dienone is 3. The van der Waals surface area contributed by atoms with Gasteiger partial charge in [0.15, 0.2) is 0 Å². The molecule has 90 valence electrons. The third-order valence-corrected chi connectivity index (χ3v) is 1.94. The Balaban J connectivity index is 2.70. The molecule has 18 heavy (non-hydrogen) atoms. The highest BCUT2D eigenvalue weighted by Gasteiger charge is 2.08. The van der Waals surface area contributed by atoms with Crippen LogP contribution in [0.3, 0.4) is 0 Å². The zero-order valence-electron chi connectivity index (χ0n) is 9.52. The molecule has 0 fully saturated rings. The van der Waals surface area contributed by atoms with Crippen LogP contribution in [0.1, 0.15) is 10.4 Å². The van der Waals surface area contributed by atoms with Crippen LogP contribution in [0, 0.1) is 11.3 Å². The van der Waals surface area contributed by atoms with E-state index < -0.39 is 11.8 Å². The maximum atomic E-state index is 13.2. The first-order valence-corrected chi connectivity index (χ1v) is 4.97. The molecular formula is C14H10FNO2. The van der Waals surface area contributed by atoms with Gasteiger partial charge in [0.25, 0.3) is 0 Å². The van der Waals surface area contributed by atoms with E-state index in [9.17, 15) is 9.18 Å². The van der Waals surface area contributed by atoms with Crippen LogP contribution in [0.4, 0.5) is 4.39 Å². The smallest absolute Gasteiger partial charge is 0.343 e. The number of halogens is 1. The summed E-state index contributed by atoms with van der Waals surface area (Å²) in [6.45, 7) is 6.54. The Morgan fingerprint density at radius 1 is 1.33 bits per heavy atom. The molecule has 0 aliphatic rings. The first kappa shape index (κ1) is 13.4. The highest BCUT2D eigenvalue weighted by molar-refractivity contribution is 5.90. The molecule has 4 heteroatoms. The Labute approximate surface area is 104 Å². The van der Waals surface area contributed by atoms with E-state index in [4.69, 9.17) is 10.00 Å². The summed E-state index contributed by atoms with van der Waals surface area (Å²) < 4.78 is 18.0. The van der Waals surface area contributed by atoms with Crippen LogP contribution < -0.4 is 0 Å². The Kier molecular flexibility index (Phi) is 4.58. The summed E-state index contributed by atoms with van der Waals surface area (Å²) in [5.41, 5.74) is -0.0292. The second kappa shape index (κ2) is 6.16. The topological polar surface area (TPSA) is 50.1 Å². The molecule has 1 aromatic rings. The number of carbonyl (C=O) groups is 1. The van der Waals surface area contributed by atoms with Crippen molar-refractivity contribution in [2.75, 3.05) is 0 Å². The summed E-state index contributed by atoms with van der Waals surface area (Å²) in [5.74, 6) is -1.73. The molecule has 0 aromatic heterocycles. The van der Waals surface area contributed by atoms with Crippen molar-refractivity contribution in [1.82, 2.24) is 0 Å². The van der Waals surface area contributed by atoms with Gasteiger partial charge >= 0.3 is 5.97 Å². The minimum absolute atomic E-state index is 0.197. The van der Waals surface area contributed by atoms with Gasteiger partial charge in [-0.05, 0) is 12.1 Å². The lowest BCUT2D eigenvalue weighted by Crippen LogP contribution is -2.03. The van der Waals surface area contributed by atoms with Crippen LogP contribution in [0.5, 0.6) is 0 Å². The van der Waals surface area contributed by atoms with E-state index in [0.717, 1.165) is 6.08 Å². The largest absolute Gasteiger partial charge is 0.423 e. The Bertz CT molecular complexity index is 553. The molecule has 0 amide bonds. The van der Waals surface area contributed by atoms with Gasteiger partial charge in [-0.15, -0.1) is 0 Å². The monoisotopic (exact) mass is 243 g/mol. The fourth-order valence-electron chi connectivity index (χ4n) is 1.06. The van der Waals surface area contributed by atoms with Crippen LogP contribution in [0.25, 0.3) is 0 Å². The zero-order chi connectivity index (χ0) is 13.5. The molecular weight excluding hydrogens is 233 g/mol. The Morgan fingerprint density at radius 2 is 1.94 bits per heavy atom. The third-order valence-electron chi connectivity index (χ3n) is 1.94. The van der Waals surface area contributed by atoms with Crippen LogP contribution >= 0.6 is 0 Å².